The maximum absolute atomic E-state index is 12.4. The first-order chi connectivity index (χ1) is 14.7. The number of hydrogen-bond donors (Lipinski definition) is 1. The van der Waals surface area contributed by atoms with E-state index in [1.54, 1.807) is 12.1 Å². The van der Waals surface area contributed by atoms with Gasteiger partial charge in [-0.05, 0) is 37.0 Å². The molecule has 0 saturated carbocycles. The molecular formula is C23H27N5O2. The SMILES string of the molecule is O=C(CCCn1nnc2ccccc2c1=O)NC1CCN(Cc2ccccc2)CC1. The summed E-state index contributed by atoms with van der Waals surface area (Å²) in [6.45, 7) is 3.33. The zero-order chi connectivity index (χ0) is 20.8. The van der Waals surface area contributed by atoms with E-state index in [0.29, 0.717) is 30.3 Å². The van der Waals surface area contributed by atoms with Crippen molar-refractivity contribution < 1.29 is 4.79 Å². The molecule has 0 radical (unpaired) electrons. The van der Waals surface area contributed by atoms with E-state index in [2.05, 4.69) is 44.8 Å². The van der Waals surface area contributed by atoms with Gasteiger partial charge in [0.05, 0.1) is 5.39 Å². The van der Waals surface area contributed by atoms with Crippen LogP contribution >= 0.6 is 0 Å². The minimum Gasteiger partial charge on any atom is -0.353 e. The number of amides is 1. The number of benzene rings is 2. The van der Waals surface area contributed by atoms with Crippen molar-refractivity contribution in [3.05, 3.63) is 70.5 Å². The Bertz CT molecular complexity index is 1040. The van der Waals surface area contributed by atoms with E-state index in [1.165, 1.54) is 10.2 Å². The number of hydrogen-bond acceptors (Lipinski definition) is 5. The Morgan fingerprint density at radius 1 is 1.03 bits per heavy atom. The van der Waals surface area contributed by atoms with Gasteiger partial charge in [-0.25, -0.2) is 4.68 Å². The number of piperidine rings is 1. The topological polar surface area (TPSA) is 80.1 Å². The third kappa shape index (κ3) is 5.10. The van der Waals surface area contributed by atoms with Crippen LogP contribution in [0.2, 0.25) is 0 Å². The molecule has 0 spiro atoms. The number of rotatable bonds is 7. The molecule has 1 aromatic heterocycles. The molecule has 0 atom stereocenters. The summed E-state index contributed by atoms with van der Waals surface area (Å²) >= 11 is 0. The maximum Gasteiger partial charge on any atom is 0.277 e. The molecule has 0 aliphatic carbocycles. The molecular weight excluding hydrogens is 378 g/mol. The summed E-state index contributed by atoms with van der Waals surface area (Å²) in [6.07, 6.45) is 2.87. The van der Waals surface area contributed by atoms with Gasteiger partial charge in [-0.1, -0.05) is 47.7 Å². The van der Waals surface area contributed by atoms with Gasteiger partial charge in [0.2, 0.25) is 5.91 Å². The third-order valence-electron chi connectivity index (χ3n) is 5.60. The smallest absolute Gasteiger partial charge is 0.277 e. The van der Waals surface area contributed by atoms with Gasteiger partial charge in [0, 0.05) is 38.6 Å². The van der Waals surface area contributed by atoms with Crippen molar-refractivity contribution >= 4 is 16.8 Å². The lowest BCUT2D eigenvalue weighted by Gasteiger charge is -2.32. The Balaban J connectivity index is 1.20. The molecule has 0 bridgehead atoms. The molecule has 2 aromatic carbocycles. The molecule has 7 heteroatoms. The van der Waals surface area contributed by atoms with Crippen molar-refractivity contribution in [2.75, 3.05) is 13.1 Å². The fourth-order valence-corrected chi connectivity index (χ4v) is 3.94. The van der Waals surface area contributed by atoms with E-state index < -0.39 is 0 Å². The number of aromatic nitrogens is 3. The fourth-order valence-electron chi connectivity index (χ4n) is 3.94. The van der Waals surface area contributed by atoms with Crippen molar-refractivity contribution in [3.8, 4) is 0 Å². The van der Waals surface area contributed by atoms with Gasteiger partial charge in [-0.3, -0.25) is 14.5 Å². The van der Waals surface area contributed by atoms with E-state index >= 15 is 0 Å². The minimum atomic E-state index is -0.160. The number of nitrogens with one attached hydrogen (secondary N) is 1. The lowest BCUT2D eigenvalue weighted by Crippen LogP contribution is -2.44. The van der Waals surface area contributed by atoms with Crippen LogP contribution in [0.4, 0.5) is 0 Å². The van der Waals surface area contributed by atoms with E-state index in [1.807, 2.05) is 18.2 Å². The van der Waals surface area contributed by atoms with E-state index in [9.17, 15) is 9.59 Å². The van der Waals surface area contributed by atoms with E-state index in [4.69, 9.17) is 0 Å². The molecule has 1 amide bonds. The summed E-state index contributed by atoms with van der Waals surface area (Å²) < 4.78 is 1.34. The van der Waals surface area contributed by atoms with E-state index in [-0.39, 0.29) is 17.5 Å². The second kappa shape index (κ2) is 9.63. The first-order valence-corrected chi connectivity index (χ1v) is 10.6. The van der Waals surface area contributed by atoms with Crippen molar-refractivity contribution in [2.45, 2.75) is 44.8 Å². The van der Waals surface area contributed by atoms with Crippen LogP contribution in [0.1, 0.15) is 31.2 Å². The number of likely N-dealkylation sites (tertiary alicyclic amines) is 1. The standard InChI is InChI=1S/C23H27N5O2/c29-22(11-6-14-28-23(30)20-9-4-5-10-21(20)25-26-28)24-19-12-15-27(16-13-19)17-18-7-2-1-3-8-18/h1-5,7-10,19H,6,11-17H2,(H,24,29). The predicted molar refractivity (Wildman–Crippen MR) is 116 cm³/mol. The highest BCUT2D eigenvalue weighted by Gasteiger charge is 2.20. The van der Waals surface area contributed by atoms with Crippen molar-refractivity contribution in [1.82, 2.24) is 25.2 Å². The third-order valence-corrected chi connectivity index (χ3v) is 5.60. The first kappa shape index (κ1) is 20.2. The number of carbonyl (C=O) groups excluding carboxylic acids is 1. The van der Waals surface area contributed by atoms with Crippen LogP contribution in [0.5, 0.6) is 0 Å². The summed E-state index contributed by atoms with van der Waals surface area (Å²) in [4.78, 5) is 27.2. The van der Waals surface area contributed by atoms with Crippen LogP contribution in [-0.2, 0) is 17.9 Å². The average molecular weight is 406 g/mol. The molecule has 156 valence electrons. The highest BCUT2D eigenvalue weighted by Crippen LogP contribution is 2.14. The lowest BCUT2D eigenvalue weighted by molar-refractivity contribution is -0.122. The Labute approximate surface area is 175 Å². The Morgan fingerprint density at radius 2 is 1.77 bits per heavy atom. The zero-order valence-corrected chi connectivity index (χ0v) is 17.0. The van der Waals surface area contributed by atoms with Gasteiger partial charge >= 0.3 is 0 Å². The number of nitrogens with zero attached hydrogens (tertiary/aromatic N) is 4. The van der Waals surface area contributed by atoms with E-state index in [0.717, 1.165) is 32.5 Å². The summed E-state index contributed by atoms with van der Waals surface area (Å²) in [5.41, 5.74) is 1.76. The quantitative estimate of drug-likeness (QED) is 0.653. The van der Waals surface area contributed by atoms with Crippen LogP contribution in [0.15, 0.2) is 59.4 Å². The predicted octanol–water partition coefficient (Wildman–Crippen LogP) is 2.35. The van der Waals surface area contributed by atoms with Crippen LogP contribution in [0, 0.1) is 0 Å². The summed E-state index contributed by atoms with van der Waals surface area (Å²) in [5, 5.41) is 11.8. The second-order valence-corrected chi connectivity index (χ2v) is 7.84. The van der Waals surface area contributed by atoms with Crippen molar-refractivity contribution in [1.29, 1.82) is 0 Å². The van der Waals surface area contributed by atoms with Gasteiger partial charge < -0.3 is 5.32 Å². The van der Waals surface area contributed by atoms with Gasteiger partial charge in [0.1, 0.15) is 5.52 Å². The molecule has 1 aliphatic heterocycles. The van der Waals surface area contributed by atoms with Crippen LogP contribution < -0.4 is 10.9 Å². The minimum absolute atomic E-state index is 0.0401. The largest absolute Gasteiger partial charge is 0.353 e. The monoisotopic (exact) mass is 405 g/mol. The van der Waals surface area contributed by atoms with Gasteiger partial charge in [-0.2, -0.15) is 0 Å². The maximum atomic E-state index is 12.4. The molecule has 1 aliphatic rings. The van der Waals surface area contributed by atoms with Gasteiger partial charge in [-0.15, -0.1) is 5.10 Å². The Morgan fingerprint density at radius 3 is 2.57 bits per heavy atom. The Hall–Kier alpha value is -3.06. The van der Waals surface area contributed by atoms with Gasteiger partial charge in [0.25, 0.3) is 5.56 Å². The van der Waals surface area contributed by atoms with Gasteiger partial charge in [0.15, 0.2) is 0 Å². The molecule has 1 saturated heterocycles. The molecule has 1 fully saturated rings. The Kier molecular flexibility index (Phi) is 6.49. The highest BCUT2D eigenvalue weighted by molar-refractivity contribution is 5.77. The fraction of sp³-hybridized carbons (Fsp3) is 0.391. The van der Waals surface area contributed by atoms with Crippen LogP contribution in [0.3, 0.4) is 0 Å². The molecule has 7 nitrogen and oxygen atoms in total. The summed E-state index contributed by atoms with van der Waals surface area (Å²) in [7, 11) is 0. The van der Waals surface area contributed by atoms with Crippen molar-refractivity contribution in [3.63, 3.8) is 0 Å². The molecule has 0 unspecified atom stereocenters. The van der Waals surface area contributed by atoms with Crippen LogP contribution in [0.25, 0.3) is 10.9 Å². The van der Waals surface area contributed by atoms with Crippen LogP contribution in [-0.4, -0.2) is 44.9 Å². The average Bonchev–Trinajstić information content (AvgIpc) is 2.78. The number of fused-ring (bicyclic) bond motifs is 1. The second-order valence-electron chi connectivity index (χ2n) is 7.84. The summed E-state index contributed by atoms with van der Waals surface area (Å²) in [6, 6.07) is 17.9. The first-order valence-electron chi connectivity index (χ1n) is 10.6. The molecule has 30 heavy (non-hydrogen) atoms. The van der Waals surface area contributed by atoms with Crippen molar-refractivity contribution in [2.24, 2.45) is 0 Å². The number of carbonyl (C=O) groups is 1. The molecule has 2 heterocycles. The normalized spacial score (nSPS) is 15.3. The summed E-state index contributed by atoms with van der Waals surface area (Å²) in [5.74, 6) is 0.0401. The molecule has 3 aromatic rings. The zero-order valence-electron chi connectivity index (χ0n) is 17.0. The molecule has 4 rings (SSSR count). The highest BCUT2D eigenvalue weighted by atomic mass is 16.1. The number of aryl methyl sites for hydroxylation is 1. The lowest BCUT2D eigenvalue weighted by atomic mass is 10.0. The molecule has 1 N–H and O–H groups in total.